The molecule has 8 nitrogen and oxygen atoms in total. The summed E-state index contributed by atoms with van der Waals surface area (Å²) in [5.41, 5.74) is 1.43. The minimum Gasteiger partial charge on any atom is -0.462 e. The van der Waals surface area contributed by atoms with Gasteiger partial charge in [0.1, 0.15) is 17.4 Å². The van der Waals surface area contributed by atoms with Crippen LogP contribution in [-0.2, 0) is 14.9 Å². The topological polar surface area (TPSA) is 115 Å². The van der Waals surface area contributed by atoms with Gasteiger partial charge in [-0.3, -0.25) is 9.69 Å². The van der Waals surface area contributed by atoms with Crippen LogP contribution in [0.1, 0.15) is 101 Å². The molecule has 2 bridgehead atoms. The fourth-order valence-electron chi connectivity index (χ4n) is 9.54. The van der Waals surface area contributed by atoms with Crippen molar-refractivity contribution in [2.75, 3.05) is 13.2 Å². The van der Waals surface area contributed by atoms with E-state index in [1.165, 1.54) is 0 Å². The van der Waals surface area contributed by atoms with Crippen LogP contribution in [0.15, 0.2) is 91.0 Å². The van der Waals surface area contributed by atoms with Crippen LogP contribution in [-0.4, -0.2) is 64.4 Å². The number of amides is 2. The fraction of sp³-hybridized carbons (Fsp3) is 0.512. The molecule has 0 radical (unpaired) electrons. The van der Waals surface area contributed by atoms with Gasteiger partial charge in [-0.1, -0.05) is 91.0 Å². The van der Waals surface area contributed by atoms with Crippen LogP contribution in [0.2, 0.25) is 0 Å². The highest BCUT2D eigenvalue weighted by atomic mass is 16.5. The van der Waals surface area contributed by atoms with Crippen molar-refractivity contribution in [2.24, 2.45) is 5.92 Å². The molecule has 8 heteroatoms. The normalized spacial score (nSPS) is 27.5. The Balaban J connectivity index is 0.991. The molecule has 2 saturated heterocycles. The van der Waals surface area contributed by atoms with Gasteiger partial charge in [-0.2, -0.15) is 5.26 Å². The van der Waals surface area contributed by atoms with Gasteiger partial charge >= 0.3 is 12.0 Å². The molecule has 2 amide bonds. The average molecular weight is 691 g/mol. The third-order valence-corrected chi connectivity index (χ3v) is 12.4. The molecule has 0 spiro atoms. The largest absolute Gasteiger partial charge is 0.462 e. The van der Waals surface area contributed by atoms with E-state index in [1.807, 2.05) is 97.9 Å². The summed E-state index contributed by atoms with van der Waals surface area (Å²) in [6, 6.07) is 30.8. The molecule has 3 fully saturated rings. The van der Waals surface area contributed by atoms with E-state index in [1.54, 1.807) is 0 Å². The van der Waals surface area contributed by atoms with Gasteiger partial charge < -0.3 is 20.5 Å². The molecule has 1 saturated carbocycles. The van der Waals surface area contributed by atoms with Gasteiger partial charge in [0, 0.05) is 30.0 Å². The van der Waals surface area contributed by atoms with Gasteiger partial charge in [-0.25, -0.2) is 4.79 Å². The number of aliphatic hydroxyl groups is 1. The quantitative estimate of drug-likeness (QED) is 0.173. The van der Waals surface area contributed by atoms with E-state index in [2.05, 4.69) is 35.5 Å². The van der Waals surface area contributed by atoms with E-state index in [0.717, 1.165) is 81.0 Å². The summed E-state index contributed by atoms with van der Waals surface area (Å²) in [5.74, 6) is -0.388. The van der Waals surface area contributed by atoms with E-state index < -0.39 is 17.4 Å². The molecule has 3 unspecified atom stereocenters. The number of hydrogen-bond donors (Lipinski definition) is 3. The summed E-state index contributed by atoms with van der Waals surface area (Å²) in [6.45, 7) is 7.33. The number of ether oxygens (including phenoxy) is 1. The van der Waals surface area contributed by atoms with Gasteiger partial charge in [-0.05, 0) is 94.9 Å². The highest BCUT2D eigenvalue weighted by Crippen LogP contribution is 2.51. The Hall–Kier alpha value is -4.19. The van der Waals surface area contributed by atoms with Crippen molar-refractivity contribution < 1.29 is 19.4 Å². The van der Waals surface area contributed by atoms with Crippen LogP contribution in [0, 0.1) is 17.2 Å². The summed E-state index contributed by atoms with van der Waals surface area (Å²) in [4.78, 5) is 29.2. The number of aliphatic hydroxyl groups excluding tert-OH is 1. The molecule has 3 aliphatic rings. The van der Waals surface area contributed by atoms with E-state index in [9.17, 15) is 20.0 Å². The number of nitrogens with one attached hydrogen (secondary N) is 2. The van der Waals surface area contributed by atoms with E-state index in [4.69, 9.17) is 4.74 Å². The van der Waals surface area contributed by atoms with Gasteiger partial charge in [0.05, 0.1) is 18.7 Å². The van der Waals surface area contributed by atoms with Gasteiger partial charge in [0.25, 0.3) is 0 Å². The van der Waals surface area contributed by atoms with Crippen LogP contribution in [0.3, 0.4) is 0 Å². The number of carbonyl (C=O) groups excluding carboxylic acids is 2. The lowest BCUT2D eigenvalue weighted by Crippen LogP contribution is -2.59. The molecule has 3 aromatic rings. The number of urea groups is 1. The molecule has 2 aliphatic heterocycles. The smallest absolute Gasteiger partial charge is 0.316 e. The Morgan fingerprint density at radius 3 is 1.94 bits per heavy atom. The lowest BCUT2D eigenvalue weighted by molar-refractivity contribution is -0.160. The van der Waals surface area contributed by atoms with Crippen LogP contribution in [0.4, 0.5) is 4.79 Å². The van der Waals surface area contributed by atoms with Crippen LogP contribution >= 0.6 is 0 Å². The maximum atomic E-state index is 13.3. The number of carbonyl (C=O) groups is 2. The number of nitrogens with zero attached hydrogens (tertiary/aromatic N) is 2. The molecule has 0 aromatic heterocycles. The number of benzene rings is 3. The summed E-state index contributed by atoms with van der Waals surface area (Å²) in [7, 11) is 0. The second kappa shape index (κ2) is 15.6. The highest BCUT2D eigenvalue weighted by Gasteiger charge is 2.56. The molecule has 1 aliphatic carbocycles. The molecule has 51 heavy (non-hydrogen) atoms. The fourth-order valence-corrected chi connectivity index (χ4v) is 9.54. The monoisotopic (exact) mass is 690 g/mol. The zero-order valence-corrected chi connectivity index (χ0v) is 30.4. The van der Waals surface area contributed by atoms with Crippen molar-refractivity contribution in [3.8, 4) is 6.07 Å². The Labute approximate surface area is 303 Å². The maximum Gasteiger partial charge on any atom is 0.316 e. The standard InChI is InChI=1S/C43H54N4O4/c1-31(43(30-44,34-15-9-5-10-16-34)35-17-11-6-12-18-35)45-40(50)46-36-21-19-32(20-22-36)23-26-47-41(2)24-25-42(47,3)28-37(27-41)51-39(49)38(29-48)33-13-7-4-8-14-33/h4-18,31-32,36-38,48H,19-29H2,1-3H3,(H2,45,46,50)/t31-,32?,36?,37?,38?,41?,42?/m0/s1. The van der Waals surface area contributed by atoms with Crippen LogP contribution < -0.4 is 10.6 Å². The third kappa shape index (κ3) is 7.71. The number of nitriles is 1. The number of rotatable bonds is 12. The molecular weight excluding hydrogens is 636 g/mol. The molecule has 6 rings (SSSR count). The van der Waals surface area contributed by atoms with Crippen molar-refractivity contribution in [3.63, 3.8) is 0 Å². The van der Waals surface area contributed by atoms with Crippen molar-refractivity contribution in [1.82, 2.24) is 15.5 Å². The Morgan fingerprint density at radius 2 is 1.43 bits per heavy atom. The lowest BCUT2D eigenvalue weighted by Gasteiger charge is -2.51. The number of hydrogen-bond acceptors (Lipinski definition) is 6. The zero-order chi connectivity index (χ0) is 36.1. The maximum absolute atomic E-state index is 13.3. The Morgan fingerprint density at radius 1 is 0.902 bits per heavy atom. The van der Waals surface area contributed by atoms with Crippen molar-refractivity contribution in [3.05, 3.63) is 108 Å². The Bertz CT molecular complexity index is 1600. The van der Waals surface area contributed by atoms with Crippen molar-refractivity contribution in [1.29, 1.82) is 5.26 Å². The summed E-state index contributed by atoms with van der Waals surface area (Å²) in [6.07, 6.45) is 8.78. The molecule has 2 heterocycles. The van der Waals surface area contributed by atoms with E-state index >= 15 is 0 Å². The average Bonchev–Trinajstić information content (AvgIpc) is 3.29. The SMILES string of the molecule is C[C@H](NC(=O)NC1CCC(CCN2C3(C)CCC2(C)CC(OC(=O)C(CO)c2ccccc2)C3)CC1)C(C#N)(c1ccccc1)c1ccccc1. The second-order valence-corrected chi connectivity index (χ2v) is 15.8. The summed E-state index contributed by atoms with van der Waals surface area (Å²) >= 11 is 0. The first-order valence-corrected chi connectivity index (χ1v) is 18.8. The number of fused-ring (bicyclic) bond motifs is 2. The zero-order valence-electron chi connectivity index (χ0n) is 30.4. The molecular formula is C43H54N4O4. The minimum absolute atomic E-state index is 0.0227. The first-order chi connectivity index (χ1) is 24.6. The first kappa shape index (κ1) is 36.6. The summed E-state index contributed by atoms with van der Waals surface area (Å²) < 4.78 is 6.11. The number of piperidine rings is 1. The molecule has 270 valence electrons. The van der Waals surface area contributed by atoms with Crippen LogP contribution in [0.5, 0.6) is 0 Å². The molecule has 4 atom stereocenters. The van der Waals surface area contributed by atoms with E-state index in [-0.39, 0.29) is 41.8 Å². The van der Waals surface area contributed by atoms with Gasteiger partial charge in [0.2, 0.25) is 0 Å². The predicted molar refractivity (Wildman–Crippen MR) is 199 cm³/mol. The van der Waals surface area contributed by atoms with Gasteiger partial charge in [-0.15, -0.1) is 0 Å². The van der Waals surface area contributed by atoms with Crippen molar-refractivity contribution in [2.45, 2.75) is 119 Å². The van der Waals surface area contributed by atoms with E-state index in [0.29, 0.717) is 5.92 Å². The molecule has 3 aromatic carbocycles. The molecule has 3 N–H and O–H groups in total. The lowest BCUT2D eigenvalue weighted by atomic mass is 9.70. The Kier molecular flexibility index (Phi) is 11.2. The van der Waals surface area contributed by atoms with Crippen LogP contribution in [0.25, 0.3) is 0 Å². The number of esters is 1. The van der Waals surface area contributed by atoms with Crippen molar-refractivity contribution >= 4 is 12.0 Å². The minimum atomic E-state index is -1.02. The summed E-state index contributed by atoms with van der Waals surface area (Å²) in [5, 5.41) is 27.0. The highest BCUT2D eigenvalue weighted by molar-refractivity contribution is 5.78. The van der Waals surface area contributed by atoms with Gasteiger partial charge in [0.15, 0.2) is 0 Å². The second-order valence-electron chi connectivity index (χ2n) is 15.8. The first-order valence-electron chi connectivity index (χ1n) is 18.8. The predicted octanol–water partition coefficient (Wildman–Crippen LogP) is 7.23. The third-order valence-electron chi connectivity index (χ3n) is 12.4.